The van der Waals surface area contributed by atoms with Gasteiger partial charge in [0.15, 0.2) is 12.1 Å². The molecule has 12 nitrogen and oxygen atoms in total. The van der Waals surface area contributed by atoms with Crippen LogP contribution in [0, 0.1) is 11.8 Å². The second-order valence-electron chi connectivity index (χ2n) is 11.8. The van der Waals surface area contributed by atoms with E-state index in [-0.39, 0.29) is 60.8 Å². The van der Waals surface area contributed by atoms with E-state index in [0.29, 0.717) is 17.9 Å². The summed E-state index contributed by atoms with van der Waals surface area (Å²) in [5, 5.41) is 14.3. The molecule has 0 radical (unpaired) electrons. The molecule has 242 valence electrons. The highest BCUT2D eigenvalue weighted by Crippen LogP contribution is 2.33. The Morgan fingerprint density at radius 1 is 1.09 bits per heavy atom. The van der Waals surface area contributed by atoms with E-state index < -0.39 is 34.4 Å². The van der Waals surface area contributed by atoms with Crippen molar-refractivity contribution in [1.29, 1.82) is 0 Å². The molecule has 0 spiro atoms. The van der Waals surface area contributed by atoms with Gasteiger partial charge >= 0.3 is 6.09 Å². The number of aromatic nitrogens is 1. The number of rotatable bonds is 13. The lowest BCUT2D eigenvalue weighted by molar-refractivity contribution is -0.0907. The number of ketones is 1. The number of amides is 1. The number of benzene rings is 2. The molecule has 45 heavy (non-hydrogen) atoms. The number of fused-ring (bicyclic) bond motifs is 1. The van der Waals surface area contributed by atoms with Gasteiger partial charge in [-0.15, -0.1) is 0 Å². The van der Waals surface area contributed by atoms with E-state index >= 15 is 0 Å². The third kappa shape index (κ3) is 7.97. The first kappa shape index (κ1) is 32.8. The maximum atomic E-state index is 13.9. The Hall–Kier alpha value is -3.62. The van der Waals surface area contributed by atoms with Crippen molar-refractivity contribution in [2.24, 2.45) is 11.8 Å². The Bertz CT molecular complexity index is 1560. The fourth-order valence-electron chi connectivity index (χ4n) is 5.55. The van der Waals surface area contributed by atoms with Gasteiger partial charge in [-0.25, -0.2) is 18.2 Å². The zero-order valence-electron chi connectivity index (χ0n) is 25.5. The van der Waals surface area contributed by atoms with E-state index in [1.54, 1.807) is 12.1 Å². The van der Waals surface area contributed by atoms with Crippen LogP contribution in [0.3, 0.4) is 0 Å². The Labute approximate surface area is 262 Å². The van der Waals surface area contributed by atoms with Crippen molar-refractivity contribution in [2.45, 2.75) is 63.0 Å². The largest absolute Gasteiger partial charge is 0.443 e. The molecule has 3 heterocycles. The number of carbonyl (C=O) groups is 2. The first-order chi connectivity index (χ1) is 21.5. The van der Waals surface area contributed by atoms with Crippen molar-refractivity contribution in [3.8, 4) is 11.3 Å². The summed E-state index contributed by atoms with van der Waals surface area (Å²) in [6, 6.07) is 14.5. The quantitative estimate of drug-likeness (QED) is 0.264. The Morgan fingerprint density at radius 3 is 2.49 bits per heavy atom. The van der Waals surface area contributed by atoms with E-state index in [2.05, 4.69) is 10.3 Å². The van der Waals surface area contributed by atoms with Crippen LogP contribution in [-0.4, -0.2) is 85.5 Å². The minimum absolute atomic E-state index is 0.0203. The molecule has 5 atom stereocenters. The van der Waals surface area contributed by atoms with Crippen molar-refractivity contribution in [3.05, 3.63) is 72.2 Å². The molecule has 2 saturated heterocycles. The lowest BCUT2D eigenvalue weighted by Gasteiger charge is -2.31. The summed E-state index contributed by atoms with van der Waals surface area (Å²) < 4.78 is 51.2. The van der Waals surface area contributed by atoms with Crippen LogP contribution < -0.4 is 5.32 Å². The van der Waals surface area contributed by atoms with Crippen molar-refractivity contribution in [1.82, 2.24) is 14.6 Å². The van der Waals surface area contributed by atoms with E-state index in [0.717, 1.165) is 12.0 Å². The van der Waals surface area contributed by atoms with Crippen molar-refractivity contribution in [3.63, 3.8) is 0 Å². The number of aliphatic hydroxyl groups is 1. The molecule has 13 heteroatoms. The van der Waals surface area contributed by atoms with Gasteiger partial charge in [-0.2, -0.15) is 4.31 Å². The van der Waals surface area contributed by atoms with Crippen molar-refractivity contribution >= 4 is 21.9 Å². The number of Topliss-reactive ketones (excluding diaryl/α,β-unsaturated/α-hetero) is 1. The summed E-state index contributed by atoms with van der Waals surface area (Å²) in [5.41, 5.74) is 1.41. The number of carbonyl (C=O) groups excluding carboxylic acids is 2. The van der Waals surface area contributed by atoms with E-state index in [9.17, 15) is 23.1 Å². The monoisotopic (exact) mass is 641 g/mol. The number of hydrogen-bond acceptors (Lipinski definition) is 10. The van der Waals surface area contributed by atoms with Crippen LogP contribution in [0.5, 0.6) is 0 Å². The lowest BCUT2D eigenvalue weighted by Crippen LogP contribution is -2.51. The summed E-state index contributed by atoms with van der Waals surface area (Å²) in [5.74, 6) is -0.122. The highest BCUT2D eigenvalue weighted by Gasteiger charge is 2.44. The fourth-order valence-corrected chi connectivity index (χ4v) is 7.17. The smallest absolute Gasteiger partial charge is 0.407 e. The van der Waals surface area contributed by atoms with Crippen LogP contribution in [0.25, 0.3) is 11.3 Å². The molecule has 2 aliphatic heterocycles. The molecular weight excluding hydrogens is 602 g/mol. The van der Waals surface area contributed by atoms with E-state index in [1.165, 1.54) is 29.6 Å². The van der Waals surface area contributed by atoms with E-state index in [1.807, 2.05) is 44.2 Å². The molecule has 5 rings (SSSR count). The van der Waals surface area contributed by atoms with E-state index in [4.69, 9.17) is 18.6 Å². The van der Waals surface area contributed by atoms with Gasteiger partial charge in [0.1, 0.15) is 6.10 Å². The zero-order valence-corrected chi connectivity index (χ0v) is 26.3. The van der Waals surface area contributed by atoms with Crippen LogP contribution in [-0.2, 0) is 30.7 Å². The SMILES string of the molecule is CC(=O)c1ncc(-c2ccc(S(=O)(=O)N(CC(C)C)C[C@@H](O)[C@H](Cc3ccccc3)NC(=O)O[C@H]3CO[C@H]4OCC[C@H]43)cc2)o1. The molecule has 1 amide bonds. The normalized spacial score (nSPS) is 21.1. The van der Waals surface area contributed by atoms with Crippen molar-refractivity contribution in [2.75, 3.05) is 26.3 Å². The average molecular weight is 642 g/mol. The second kappa shape index (κ2) is 14.2. The third-order valence-electron chi connectivity index (χ3n) is 7.85. The first-order valence-corrected chi connectivity index (χ1v) is 16.4. The van der Waals surface area contributed by atoms with Gasteiger partial charge in [-0.3, -0.25) is 4.79 Å². The minimum Gasteiger partial charge on any atom is -0.443 e. The first-order valence-electron chi connectivity index (χ1n) is 15.0. The number of aliphatic hydroxyl groups excluding tert-OH is 1. The maximum Gasteiger partial charge on any atom is 0.407 e. The topological polar surface area (TPSA) is 158 Å². The molecule has 2 aliphatic rings. The zero-order chi connectivity index (χ0) is 32.1. The molecule has 0 bridgehead atoms. The second-order valence-corrected chi connectivity index (χ2v) is 13.7. The molecule has 2 fully saturated rings. The van der Waals surface area contributed by atoms with Crippen LogP contribution in [0.4, 0.5) is 4.79 Å². The molecule has 1 aromatic heterocycles. The highest BCUT2D eigenvalue weighted by atomic mass is 32.2. The molecule has 0 aliphatic carbocycles. The number of nitrogens with zero attached hydrogens (tertiary/aromatic N) is 2. The third-order valence-corrected chi connectivity index (χ3v) is 9.70. The van der Waals surface area contributed by atoms with Gasteiger partial charge in [0.25, 0.3) is 5.89 Å². The number of nitrogens with one attached hydrogen (secondary N) is 1. The van der Waals surface area contributed by atoms with Gasteiger partial charge in [0, 0.05) is 25.6 Å². The van der Waals surface area contributed by atoms with Crippen molar-refractivity contribution < 1.29 is 41.7 Å². The molecule has 3 aromatic rings. The summed E-state index contributed by atoms with van der Waals surface area (Å²) in [6.45, 7) is 5.74. The number of sulfonamides is 1. The Balaban J connectivity index is 1.32. The van der Waals surface area contributed by atoms with Gasteiger partial charge < -0.3 is 29.1 Å². The summed E-state index contributed by atoms with van der Waals surface area (Å²) in [6.07, 6.45) is -0.467. The minimum atomic E-state index is -4.06. The predicted octanol–water partition coefficient (Wildman–Crippen LogP) is 3.65. The van der Waals surface area contributed by atoms with Gasteiger partial charge in [0.2, 0.25) is 15.8 Å². The van der Waals surface area contributed by atoms with Crippen LogP contribution in [0.1, 0.15) is 43.4 Å². The Morgan fingerprint density at radius 2 is 1.82 bits per heavy atom. The molecular formula is C32H39N3O9S. The molecule has 0 saturated carbocycles. The maximum absolute atomic E-state index is 13.9. The standard InChI is InChI=1S/C32H39N3O9S/c1-20(2)17-35(45(39,40)24-11-9-23(10-12-24)28-16-33-30(43-28)21(3)36)18-27(37)26(15-22-7-5-4-6-8-22)34-32(38)44-29-19-42-31-25(29)13-14-41-31/h4-12,16,20,25-27,29,31,37H,13-15,17-19H2,1-3H3,(H,34,38)/t25-,26-,27+,29-,31+/m0/s1. The summed E-state index contributed by atoms with van der Waals surface area (Å²) >= 11 is 0. The van der Waals surface area contributed by atoms with Crippen LogP contribution in [0.2, 0.25) is 0 Å². The number of oxazole rings is 1. The fraction of sp³-hybridized carbons (Fsp3) is 0.469. The number of alkyl carbamates (subject to hydrolysis) is 1. The predicted molar refractivity (Wildman–Crippen MR) is 163 cm³/mol. The number of hydrogen-bond donors (Lipinski definition) is 2. The van der Waals surface area contributed by atoms with Gasteiger partial charge in [-0.1, -0.05) is 44.2 Å². The van der Waals surface area contributed by atoms with Crippen LogP contribution in [0.15, 0.2) is 70.1 Å². The van der Waals surface area contributed by atoms with Gasteiger partial charge in [-0.05, 0) is 48.6 Å². The highest BCUT2D eigenvalue weighted by molar-refractivity contribution is 7.89. The number of ether oxygens (including phenoxy) is 3. The molecule has 2 aromatic carbocycles. The summed E-state index contributed by atoms with van der Waals surface area (Å²) in [7, 11) is -4.06. The Kier molecular flexibility index (Phi) is 10.3. The van der Waals surface area contributed by atoms with Gasteiger partial charge in [0.05, 0.1) is 42.4 Å². The molecule has 0 unspecified atom stereocenters. The lowest BCUT2D eigenvalue weighted by atomic mass is 10.0. The van der Waals surface area contributed by atoms with Crippen LogP contribution >= 0.6 is 0 Å². The molecule has 2 N–H and O–H groups in total. The average Bonchev–Trinajstić information content (AvgIpc) is 3.76. The summed E-state index contributed by atoms with van der Waals surface area (Å²) in [4.78, 5) is 28.6.